The van der Waals surface area contributed by atoms with E-state index in [2.05, 4.69) is 56.5 Å². The van der Waals surface area contributed by atoms with Crippen LogP contribution in [0.4, 0.5) is 0 Å². The van der Waals surface area contributed by atoms with Gasteiger partial charge in [0.25, 0.3) is 0 Å². The smallest absolute Gasteiger partial charge is 0.207 e. The number of thioether (sulfide) groups is 1. The number of rotatable bonds is 9. The summed E-state index contributed by atoms with van der Waals surface area (Å²) >= 11 is 1.76. The molecule has 0 saturated carbocycles. The van der Waals surface area contributed by atoms with Gasteiger partial charge in [-0.15, -0.1) is 0 Å². The van der Waals surface area contributed by atoms with Crippen LogP contribution >= 0.6 is 11.8 Å². The molecule has 0 saturated heterocycles. The number of benzene rings is 2. The molecule has 4 nitrogen and oxygen atoms in total. The molecule has 0 radical (unpaired) electrons. The van der Waals surface area contributed by atoms with E-state index in [1.165, 1.54) is 27.2 Å². The molecule has 3 rings (SSSR count). The largest absolute Gasteiger partial charge is 0.464 e. The van der Waals surface area contributed by atoms with Crippen LogP contribution in [-0.4, -0.2) is 11.5 Å². The molecule has 1 heterocycles. The van der Waals surface area contributed by atoms with Gasteiger partial charge in [0, 0.05) is 21.6 Å². The van der Waals surface area contributed by atoms with Crippen LogP contribution in [0.5, 0.6) is 0 Å². The molecule has 0 N–H and O–H groups in total. The lowest BCUT2D eigenvalue weighted by molar-refractivity contribution is -0.479. The third kappa shape index (κ3) is 6.11. The third-order valence-corrected chi connectivity index (χ3v) is 6.52. The topological polar surface area (TPSA) is 56.3 Å². The summed E-state index contributed by atoms with van der Waals surface area (Å²) in [6, 6.07) is 12.6. The van der Waals surface area contributed by atoms with Crippen molar-refractivity contribution < 1.29 is 9.34 Å². The van der Waals surface area contributed by atoms with Crippen molar-refractivity contribution in [2.45, 2.75) is 47.0 Å². The molecule has 3 aromatic rings. The Hall–Kier alpha value is -2.79. The number of hydrogen-bond acceptors (Lipinski definition) is 4. The highest BCUT2D eigenvalue weighted by Gasteiger charge is 2.09. The van der Waals surface area contributed by atoms with Gasteiger partial charge < -0.3 is 4.42 Å². The second-order valence-electron chi connectivity index (χ2n) is 7.92. The van der Waals surface area contributed by atoms with E-state index in [-0.39, 0.29) is 11.5 Å². The number of furan rings is 1. The molecular weight excluding hydrogens is 406 g/mol. The van der Waals surface area contributed by atoms with Gasteiger partial charge in [-0.05, 0) is 85.0 Å². The molecular formula is C26H29NO3S. The van der Waals surface area contributed by atoms with Gasteiger partial charge in [-0.3, -0.25) is 10.1 Å². The van der Waals surface area contributed by atoms with Crippen LogP contribution in [-0.2, 0) is 12.8 Å². The first kappa shape index (κ1) is 22.9. The Bertz CT molecular complexity index is 1140. The van der Waals surface area contributed by atoms with Crippen molar-refractivity contribution in [2.75, 3.05) is 6.54 Å². The van der Waals surface area contributed by atoms with E-state index in [4.69, 9.17) is 4.42 Å². The maximum Gasteiger partial charge on any atom is 0.207 e. The second kappa shape index (κ2) is 10.5. The van der Waals surface area contributed by atoms with Gasteiger partial charge >= 0.3 is 0 Å². The van der Waals surface area contributed by atoms with E-state index in [1.54, 1.807) is 18.0 Å². The molecule has 0 aliphatic carbocycles. The zero-order chi connectivity index (χ0) is 22.4. The third-order valence-electron chi connectivity index (χ3n) is 5.34. The van der Waals surface area contributed by atoms with Crippen LogP contribution in [0, 0.1) is 24.0 Å². The van der Waals surface area contributed by atoms with Crippen LogP contribution in [0.25, 0.3) is 15.9 Å². The SMILES string of the molecule is CC/C=C(\S/C=C(\C)Cc1cc(C)c(CC[N+](=O)[O-])cc1C)c1ccc2occc2c1. The van der Waals surface area contributed by atoms with Crippen molar-refractivity contribution >= 4 is 27.6 Å². The molecule has 0 aliphatic heterocycles. The van der Waals surface area contributed by atoms with Crippen LogP contribution in [0.1, 0.15) is 48.1 Å². The van der Waals surface area contributed by atoms with Crippen LogP contribution in [0.2, 0.25) is 0 Å². The number of fused-ring (bicyclic) bond motifs is 1. The summed E-state index contributed by atoms with van der Waals surface area (Å²) < 4.78 is 5.46. The summed E-state index contributed by atoms with van der Waals surface area (Å²) in [6.45, 7) is 8.42. The van der Waals surface area contributed by atoms with Crippen molar-refractivity contribution in [1.29, 1.82) is 0 Å². The molecule has 162 valence electrons. The zero-order valence-corrected chi connectivity index (χ0v) is 19.4. The zero-order valence-electron chi connectivity index (χ0n) is 18.6. The van der Waals surface area contributed by atoms with Crippen molar-refractivity contribution in [1.82, 2.24) is 0 Å². The Kier molecular flexibility index (Phi) is 7.75. The molecule has 0 bridgehead atoms. The first-order valence-electron chi connectivity index (χ1n) is 10.6. The van der Waals surface area contributed by atoms with E-state index in [0.29, 0.717) is 6.42 Å². The molecule has 0 fully saturated rings. The predicted molar refractivity (Wildman–Crippen MR) is 131 cm³/mol. The predicted octanol–water partition coefficient (Wildman–Crippen LogP) is 7.50. The van der Waals surface area contributed by atoms with E-state index in [1.807, 2.05) is 19.1 Å². The van der Waals surface area contributed by atoms with E-state index >= 15 is 0 Å². The fourth-order valence-electron chi connectivity index (χ4n) is 3.65. The first-order valence-corrected chi connectivity index (χ1v) is 11.5. The lowest BCUT2D eigenvalue weighted by Gasteiger charge is -2.12. The molecule has 31 heavy (non-hydrogen) atoms. The Morgan fingerprint density at radius 2 is 1.87 bits per heavy atom. The Labute approximate surface area is 188 Å². The molecule has 0 aliphatic rings. The molecule has 0 unspecified atom stereocenters. The average Bonchev–Trinajstić information content (AvgIpc) is 3.20. The van der Waals surface area contributed by atoms with Gasteiger partial charge in [-0.25, -0.2) is 0 Å². The lowest BCUT2D eigenvalue weighted by Crippen LogP contribution is -2.06. The van der Waals surface area contributed by atoms with Gasteiger partial charge in [0.05, 0.1) is 6.26 Å². The first-order chi connectivity index (χ1) is 14.9. The van der Waals surface area contributed by atoms with Crippen molar-refractivity contribution in [3.63, 3.8) is 0 Å². The molecule has 2 aromatic carbocycles. The Morgan fingerprint density at radius 1 is 1.13 bits per heavy atom. The normalized spacial score (nSPS) is 12.5. The van der Waals surface area contributed by atoms with E-state index in [9.17, 15) is 10.1 Å². The molecule has 0 spiro atoms. The van der Waals surface area contributed by atoms with Gasteiger partial charge in [0.15, 0.2) is 0 Å². The summed E-state index contributed by atoms with van der Waals surface area (Å²) in [5.41, 5.74) is 8.06. The monoisotopic (exact) mass is 435 g/mol. The standard InChI is InChI=1S/C26H29NO3S/c1-5-6-26(23-7-8-25-22(16-23)10-12-30-25)31-17-18(2)13-24-15-19(3)21(14-20(24)4)9-11-27(28)29/h6-8,10,12,14-17H,5,9,11,13H2,1-4H3/b18-17+,26-6-. The van der Waals surface area contributed by atoms with E-state index < -0.39 is 0 Å². The quantitative estimate of drug-likeness (QED) is 0.258. The van der Waals surface area contributed by atoms with Crippen LogP contribution in [0.3, 0.4) is 0 Å². The fraction of sp³-hybridized carbons (Fsp3) is 0.308. The Balaban J connectivity index is 1.73. The van der Waals surface area contributed by atoms with Gasteiger partial charge in [-0.1, -0.05) is 48.5 Å². The van der Waals surface area contributed by atoms with Crippen molar-refractivity contribution in [3.8, 4) is 0 Å². The minimum Gasteiger partial charge on any atom is -0.464 e. The summed E-state index contributed by atoms with van der Waals surface area (Å²) in [7, 11) is 0. The molecule has 0 amide bonds. The highest BCUT2D eigenvalue weighted by molar-refractivity contribution is 8.10. The molecule has 5 heteroatoms. The lowest BCUT2D eigenvalue weighted by atomic mass is 9.95. The minimum atomic E-state index is -0.251. The number of nitrogens with zero attached hydrogens (tertiary/aromatic N) is 1. The van der Waals surface area contributed by atoms with Gasteiger partial charge in [-0.2, -0.15) is 0 Å². The summed E-state index contributed by atoms with van der Waals surface area (Å²) in [5.74, 6) is 0. The molecule has 0 atom stereocenters. The summed E-state index contributed by atoms with van der Waals surface area (Å²) in [4.78, 5) is 11.7. The number of aryl methyl sites for hydroxylation is 2. The van der Waals surface area contributed by atoms with Crippen LogP contribution in [0.15, 0.2) is 64.1 Å². The van der Waals surface area contributed by atoms with Gasteiger partial charge in [0.2, 0.25) is 6.54 Å². The Morgan fingerprint density at radius 3 is 2.61 bits per heavy atom. The highest BCUT2D eigenvalue weighted by Crippen LogP contribution is 2.33. The van der Waals surface area contributed by atoms with Crippen molar-refractivity contribution in [2.24, 2.45) is 0 Å². The summed E-state index contributed by atoms with van der Waals surface area (Å²) in [5, 5.41) is 14.0. The van der Waals surface area contributed by atoms with E-state index in [0.717, 1.165) is 34.9 Å². The number of hydrogen-bond donors (Lipinski definition) is 0. The summed E-state index contributed by atoms with van der Waals surface area (Å²) in [6.07, 6.45) is 6.31. The average molecular weight is 436 g/mol. The fourth-order valence-corrected chi connectivity index (χ4v) is 4.59. The second-order valence-corrected chi connectivity index (χ2v) is 8.83. The maximum absolute atomic E-state index is 10.7. The number of nitro groups is 1. The number of allylic oxidation sites excluding steroid dienone is 2. The van der Waals surface area contributed by atoms with Crippen LogP contribution < -0.4 is 0 Å². The van der Waals surface area contributed by atoms with Gasteiger partial charge in [0.1, 0.15) is 5.58 Å². The highest BCUT2D eigenvalue weighted by atomic mass is 32.2. The minimum absolute atomic E-state index is 0.0215. The molecule has 1 aromatic heterocycles. The maximum atomic E-state index is 10.7. The van der Waals surface area contributed by atoms with Crippen molar-refractivity contribution in [3.05, 3.63) is 97.7 Å².